The van der Waals surface area contributed by atoms with Gasteiger partial charge in [-0.2, -0.15) is 0 Å². The summed E-state index contributed by atoms with van der Waals surface area (Å²) >= 11 is 0. The van der Waals surface area contributed by atoms with Crippen LogP contribution in [0.15, 0.2) is 18.2 Å². The first-order valence-electron chi connectivity index (χ1n) is 6.32. The fourth-order valence-corrected chi connectivity index (χ4v) is 1.99. The zero-order valence-electron chi connectivity index (χ0n) is 10.8. The van der Waals surface area contributed by atoms with E-state index in [4.69, 9.17) is 4.74 Å². The van der Waals surface area contributed by atoms with Crippen LogP contribution in [-0.4, -0.2) is 36.3 Å². The fraction of sp³-hybridized carbons (Fsp3) is 0.429. The summed E-state index contributed by atoms with van der Waals surface area (Å²) in [5.41, 5.74) is 0.192. The van der Waals surface area contributed by atoms with Gasteiger partial charge in [0, 0.05) is 24.2 Å². The van der Waals surface area contributed by atoms with Gasteiger partial charge in [0.2, 0.25) is 0 Å². The largest absolute Gasteiger partial charge is 0.484 e. The summed E-state index contributed by atoms with van der Waals surface area (Å²) in [4.78, 5) is 24.3. The third kappa shape index (κ3) is 3.53. The van der Waals surface area contributed by atoms with Gasteiger partial charge >= 0.3 is 0 Å². The Morgan fingerprint density at radius 2 is 2.21 bits per heavy atom. The minimum atomic E-state index is -0.554. The van der Waals surface area contributed by atoms with E-state index in [0.717, 1.165) is 25.0 Å². The zero-order chi connectivity index (χ0) is 13.8. The summed E-state index contributed by atoms with van der Waals surface area (Å²) < 4.78 is 18.4. The third-order valence-corrected chi connectivity index (χ3v) is 3.04. The molecule has 0 saturated heterocycles. The van der Waals surface area contributed by atoms with Crippen molar-refractivity contribution in [3.63, 3.8) is 0 Å². The first kappa shape index (κ1) is 13.5. The Morgan fingerprint density at radius 3 is 2.79 bits per heavy atom. The van der Waals surface area contributed by atoms with Gasteiger partial charge < -0.3 is 9.64 Å². The van der Waals surface area contributed by atoms with E-state index in [-0.39, 0.29) is 23.8 Å². The monoisotopic (exact) mass is 265 g/mol. The number of ether oxygens (including phenoxy) is 1. The van der Waals surface area contributed by atoms with Gasteiger partial charge in [0.25, 0.3) is 5.91 Å². The van der Waals surface area contributed by atoms with Crippen molar-refractivity contribution in [2.24, 2.45) is 0 Å². The van der Waals surface area contributed by atoms with Gasteiger partial charge in [-0.25, -0.2) is 4.39 Å². The molecule has 0 unspecified atom stereocenters. The Bertz CT molecular complexity index is 486. The summed E-state index contributed by atoms with van der Waals surface area (Å²) in [5, 5.41) is 0. The number of carbonyl (C=O) groups is 2. The lowest BCUT2D eigenvalue weighted by molar-refractivity contribution is -0.133. The molecule has 0 N–H and O–H groups in total. The van der Waals surface area contributed by atoms with Gasteiger partial charge in [-0.1, -0.05) is 0 Å². The second-order valence-corrected chi connectivity index (χ2v) is 4.54. The minimum absolute atomic E-state index is 0.109. The van der Waals surface area contributed by atoms with Crippen LogP contribution in [0.5, 0.6) is 5.75 Å². The number of carbonyl (C=O) groups excluding carboxylic acids is 2. The molecule has 102 valence electrons. The van der Waals surface area contributed by atoms with Crippen LogP contribution < -0.4 is 4.74 Å². The van der Waals surface area contributed by atoms with Gasteiger partial charge in [-0.3, -0.25) is 9.59 Å². The highest BCUT2D eigenvalue weighted by Gasteiger charge is 2.31. The Kier molecular flexibility index (Phi) is 4.14. The summed E-state index contributed by atoms with van der Waals surface area (Å²) in [6, 6.07) is 4.02. The number of halogens is 1. The van der Waals surface area contributed by atoms with E-state index in [9.17, 15) is 14.0 Å². The van der Waals surface area contributed by atoms with Gasteiger partial charge in [0.15, 0.2) is 6.61 Å². The maximum absolute atomic E-state index is 13.2. The highest BCUT2D eigenvalue weighted by atomic mass is 19.1. The van der Waals surface area contributed by atoms with E-state index in [2.05, 4.69) is 0 Å². The standard InChI is InChI=1S/C14H16FNO3/c1-2-16(12-3-4-12)14(18)9-19-13-6-10(8-17)5-11(15)7-13/h5-8,12H,2-4,9H2,1H3. The Morgan fingerprint density at radius 1 is 1.47 bits per heavy atom. The average molecular weight is 265 g/mol. The molecule has 1 aromatic rings. The number of hydrogen-bond donors (Lipinski definition) is 0. The molecule has 0 spiro atoms. The topological polar surface area (TPSA) is 46.6 Å². The van der Waals surface area contributed by atoms with Crippen LogP contribution in [0.25, 0.3) is 0 Å². The summed E-state index contributed by atoms with van der Waals surface area (Å²) in [6.07, 6.45) is 2.62. The third-order valence-electron chi connectivity index (χ3n) is 3.04. The maximum Gasteiger partial charge on any atom is 0.260 e. The summed E-state index contributed by atoms with van der Waals surface area (Å²) in [5.74, 6) is -0.467. The number of likely N-dealkylation sites (N-methyl/N-ethyl adjacent to an activating group) is 1. The molecule has 1 fully saturated rings. The van der Waals surface area contributed by atoms with Crippen molar-refractivity contribution >= 4 is 12.2 Å². The summed E-state index contributed by atoms with van der Waals surface area (Å²) in [6.45, 7) is 2.44. The smallest absolute Gasteiger partial charge is 0.260 e. The zero-order valence-corrected chi connectivity index (χ0v) is 10.8. The molecule has 1 aromatic carbocycles. The Labute approximate surface area is 111 Å². The molecule has 4 nitrogen and oxygen atoms in total. The molecule has 1 amide bonds. The van der Waals surface area contributed by atoms with Crippen molar-refractivity contribution in [3.8, 4) is 5.75 Å². The van der Waals surface area contributed by atoms with Crippen LogP contribution in [0.1, 0.15) is 30.1 Å². The number of amides is 1. The molecule has 19 heavy (non-hydrogen) atoms. The molecule has 0 heterocycles. The van der Waals surface area contributed by atoms with E-state index >= 15 is 0 Å². The van der Waals surface area contributed by atoms with E-state index in [0.29, 0.717) is 18.9 Å². The molecular weight excluding hydrogens is 249 g/mol. The highest BCUT2D eigenvalue weighted by Crippen LogP contribution is 2.26. The molecule has 0 aromatic heterocycles. The molecule has 1 aliphatic rings. The minimum Gasteiger partial charge on any atom is -0.484 e. The number of benzene rings is 1. The highest BCUT2D eigenvalue weighted by molar-refractivity contribution is 5.79. The lowest BCUT2D eigenvalue weighted by Gasteiger charge is -2.20. The SMILES string of the molecule is CCN(C(=O)COc1cc(F)cc(C=O)c1)C1CC1. The van der Waals surface area contributed by atoms with Crippen LogP contribution in [0.3, 0.4) is 0 Å². The summed E-state index contributed by atoms with van der Waals surface area (Å²) in [7, 11) is 0. The van der Waals surface area contributed by atoms with Crippen LogP contribution in [0.2, 0.25) is 0 Å². The second-order valence-electron chi connectivity index (χ2n) is 4.54. The molecule has 5 heteroatoms. The van der Waals surface area contributed by atoms with Crippen molar-refractivity contribution < 1.29 is 18.7 Å². The molecule has 0 aliphatic heterocycles. The van der Waals surface area contributed by atoms with Crippen molar-refractivity contribution in [2.75, 3.05) is 13.2 Å². The normalized spacial score (nSPS) is 14.0. The molecule has 1 aliphatic carbocycles. The Balaban J connectivity index is 1.96. The van der Waals surface area contributed by atoms with Crippen molar-refractivity contribution in [3.05, 3.63) is 29.6 Å². The number of aldehydes is 1. The van der Waals surface area contributed by atoms with E-state index in [1.165, 1.54) is 6.07 Å². The lowest BCUT2D eigenvalue weighted by Crippen LogP contribution is -2.36. The predicted octanol–water partition coefficient (Wildman–Crippen LogP) is 2.03. The first-order chi connectivity index (χ1) is 9.13. The molecule has 0 bridgehead atoms. The number of nitrogens with zero attached hydrogens (tertiary/aromatic N) is 1. The van der Waals surface area contributed by atoms with Crippen LogP contribution in [-0.2, 0) is 4.79 Å². The molecule has 2 rings (SSSR count). The van der Waals surface area contributed by atoms with Crippen molar-refractivity contribution in [1.29, 1.82) is 0 Å². The quantitative estimate of drug-likeness (QED) is 0.739. The first-order valence-corrected chi connectivity index (χ1v) is 6.32. The maximum atomic E-state index is 13.2. The van der Waals surface area contributed by atoms with E-state index < -0.39 is 5.82 Å². The molecule has 0 atom stereocenters. The van der Waals surface area contributed by atoms with Crippen molar-refractivity contribution in [2.45, 2.75) is 25.8 Å². The second kappa shape index (κ2) is 5.82. The van der Waals surface area contributed by atoms with Gasteiger partial charge in [-0.15, -0.1) is 0 Å². The van der Waals surface area contributed by atoms with E-state index in [1.54, 1.807) is 4.90 Å². The average Bonchev–Trinajstić information content (AvgIpc) is 3.21. The Hall–Kier alpha value is -1.91. The number of hydrogen-bond acceptors (Lipinski definition) is 3. The number of rotatable bonds is 6. The van der Waals surface area contributed by atoms with Gasteiger partial charge in [0.1, 0.15) is 17.9 Å². The predicted molar refractivity (Wildman–Crippen MR) is 67.7 cm³/mol. The fourth-order valence-electron chi connectivity index (χ4n) is 1.99. The van der Waals surface area contributed by atoms with Crippen LogP contribution in [0, 0.1) is 5.82 Å². The van der Waals surface area contributed by atoms with Crippen LogP contribution >= 0.6 is 0 Å². The van der Waals surface area contributed by atoms with Gasteiger partial charge in [0.05, 0.1) is 0 Å². The van der Waals surface area contributed by atoms with Crippen LogP contribution in [0.4, 0.5) is 4.39 Å². The van der Waals surface area contributed by atoms with Gasteiger partial charge in [-0.05, 0) is 31.9 Å². The molecule has 1 saturated carbocycles. The lowest BCUT2D eigenvalue weighted by atomic mass is 10.2. The van der Waals surface area contributed by atoms with Crippen molar-refractivity contribution in [1.82, 2.24) is 4.90 Å². The molecule has 0 radical (unpaired) electrons. The molecular formula is C14H16FNO3. The van der Waals surface area contributed by atoms with E-state index in [1.807, 2.05) is 6.92 Å².